The first-order chi connectivity index (χ1) is 8.83. The molecule has 6 heteroatoms. The molecule has 2 heterocycles. The Morgan fingerprint density at radius 1 is 1.33 bits per heavy atom. The second-order valence-electron chi connectivity index (χ2n) is 3.93. The minimum atomic E-state index is -0.124. The molecule has 6 nitrogen and oxygen atoms in total. The van der Waals surface area contributed by atoms with E-state index in [2.05, 4.69) is 25.5 Å². The van der Waals surface area contributed by atoms with Crippen molar-refractivity contribution in [2.45, 2.75) is 6.54 Å². The van der Waals surface area contributed by atoms with Crippen molar-refractivity contribution < 1.29 is 4.79 Å². The molecule has 1 amide bonds. The van der Waals surface area contributed by atoms with Crippen LogP contribution >= 0.6 is 0 Å². The van der Waals surface area contributed by atoms with Gasteiger partial charge in [0.1, 0.15) is 0 Å². The number of hydrogen-bond acceptors (Lipinski definition) is 3. The number of aromatic amines is 2. The number of benzene rings is 1. The second-order valence-corrected chi connectivity index (χ2v) is 3.93. The van der Waals surface area contributed by atoms with E-state index < -0.39 is 0 Å². The molecule has 3 N–H and O–H groups in total. The van der Waals surface area contributed by atoms with Crippen molar-refractivity contribution in [3.8, 4) is 0 Å². The van der Waals surface area contributed by atoms with Crippen LogP contribution in [0.5, 0.6) is 0 Å². The number of H-pyrrole nitrogens is 2. The molecule has 0 atom stereocenters. The summed E-state index contributed by atoms with van der Waals surface area (Å²) < 4.78 is 0. The van der Waals surface area contributed by atoms with Crippen LogP contribution in [0.4, 0.5) is 0 Å². The van der Waals surface area contributed by atoms with Crippen molar-refractivity contribution >= 4 is 16.8 Å². The summed E-state index contributed by atoms with van der Waals surface area (Å²) in [5.74, 6) is -0.124. The van der Waals surface area contributed by atoms with Gasteiger partial charge in [0.25, 0.3) is 5.91 Å². The van der Waals surface area contributed by atoms with E-state index in [0.29, 0.717) is 12.1 Å². The van der Waals surface area contributed by atoms with E-state index in [0.717, 1.165) is 16.6 Å². The van der Waals surface area contributed by atoms with E-state index in [1.165, 1.54) is 0 Å². The lowest BCUT2D eigenvalue weighted by atomic mass is 10.1. The van der Waals surface area contributed by atoms with Crippen molar-refractivity contribution in [1.29, 1.82) is 0 Å². The quantitative estimate of drug-likeness (QED) is 0.644. The molecular formula is C12H11N5O. The molecule has 0 unspecified atom stereocenters. The maximum Gasteiger partial charge on any atom is 0.251 e. The maximum absolute atomic E-state index is 11.9. The normalized spacial score (nSPS) is 10.7. The number of hydrogen-bond donors (Lipinski definition) is 3. The van der Waals surface area contributed by atoms with Gasteiger partial charge in [0.2, 0.25) is 0 Å². The zero-order chi connectivity index (χ0) is 12.4. The molecule has 0 saturated carbocycles. The Bertz CT molecular complexity index is 671. The Morgan fingerprint density at radius 3 is 3.11 bits per heavy atom. The van der Waals surface area contributed by atoms with Crippen LogP contribution in [0.15, 0.2) is 36.9 Å². The molecule has 0 radical (unpaired) electrons. The second kappa shape index (κ2) is 4.33. The average molecular weight is 241 g/mol. The van der Waals surface area contributed by atoms with Gasteiger partial charge < -0.3 is 10.3 Å². The summed E-state index contributed by atoms with van der Waals surface area (Å²) in [6.07, 6.45) is 4.98. The van der Waals surface area contributed by atoms with E-state index in [1.807, 2.05) is 6.07 Å². The van der Waals surface area contributed by atoms with E-state index in [9.17, 15) is 4.79 Å². The average Bonchev–Trinajstić information content (AvgIpc) is 3.05. The lowest BCUT2D eigenvalue weighted by Crippen LogP contribution is -2.22. The number of carbonyl (C=O) groups is 1. The number of aromatic nitrogens is 4. The smallest absolute Gasteiger partial charge is 0.251 e. The Balaban J connectivity index is 1.75. The van der Waals surface area contributed by atoms with Crippen LogP contribution in [-0.4, -0.2) is 26.1 Å². The monoisotopic (exact) mass is 241 g/mol. The summed E-state index contributed by atoms with van der Waals surface area (Å²) in [5.41, 5.74) is 2.32. The van der Waals surface area contributed by atoms with Crippen molar-refractivity contribution in [2.75, 3.05) is 0 Å². The molecule has 0 aliphatic heterocycles. The van der Waals surface area contributed by atoms with Gasteiger partial charge in [-0.05, 0) is 12.1 Å². The topological polar surface area (TPSA) is 86.5 Å². The van der Waals surface area contributed by atoms with Crippen LogP contribution < -0.4 is 5.32 Å². The standard InChI is InChI=1S/C12H11N5O/c18-12(14-6-10-5-13-7-15-10)8-1-2-9-4-16-17-11(9)3-8/h1-5,7H,6H2,(H,13,15)(H,14,18)(H,16,17). The number of nitrogens with one attached hydrogen (secondary N) is 3. The number of fused-ring (bicyclic) bond motifs is 1. The number of nitrogens with zero attached hydrogens (tertiary/aromatic N) is 2. The molecule has 0 fully saturated rings. The van der Waals surface area contributed by atoms with Crippen LogP contribution in [0.3, 0.4) is 0 Å². The van der Waals surface area contributed by atoms with Gasteiger partial charge in [-0.15, -0.1) is 0 Å². The zero-order valence-electron chi connectivity index (χ0n) is 9.47. The highest BCUT2D eigenvalue weighted by atomic mass is 16.1. The molecule has 18 heavy (non-hydrogen) atoms. The van der Waals surface area contributed by atoms with Gasteiger partial charge in [0, 0.05) is 17.1 Å². The van der Waals surface area contributed by atoms with Crippen LogP contribution in [0.1, 0.15) is 16.1 Å². The fraction of sp³-hybridized carbons (Fsp3) is 0.0833. The minimum absolute atomic E-state index is 0.124. The van der Waals surface area contributed by atoms with Crippen LogP contribution in [0, 0.1) is 0 Å². The van der Waals surface area contributed by atoms with Crippen LogP contribution in [0.2, 0.25) is 0 Å². The van der Waals surface area contributed by atoms with E-state index in [-0.39, 0.29) is 5.91 Å². The molecule has 3 aromatic rings. The number of amides is 1. The van der Waals surface area contributed by atoms with E-state index in [1.54, 1.807) is 30.9 Å². The number of imidazole rings is 1. The molecule has 0 aliphatic carbocycles. The molecule has 0 aliphatic rings. The molecule has 3 rings (SSSR count). The van der Waals surface area contributed by atoms with Gasteiger partial charge in [-0.2, -0.15) is 5.10 Å². The maximum atomic E-state index is 11.9. The number of rotatable bonds is 3. The van der Waals surface area contributed by atoms with Gasteiger partial charge in [0.05, 0.1) is 30.3 Å². The number of carbonyl (C=O) groups excluding carboxylic acids is 1. The third-order valence-corrected chi connectivity index (χ3v) is 2.70. The third kappa shape index (κ3) is 1.95. The largest absolute Gasteiger partial charge is 0.347 e. The van der Waals surface area contributed by atoms with Gasteiger partial charge in [-0.3, -0.25) is 9.89 Å². The molecule has 90 valence electrons. The van der Waals surface area contributed by atoms with Gasteiger partial charge in [0.15, 0.2) is 0 Å². The summed E-state index contributed by atoms with van der Waals surface area (Å²) >= 11 is 0. The lowest BCUT2D eigenvalue weighted by Gasteiger charge is -2.03. The first-order valence-corrected chi connectivity index (χ1v) is 5.51. The molecule has 0 saturated heterocycles. The van der Waals surface area contributed by atoms with E-state index in [4.69, 9.17) is 0 Å². The van der Waals surface area contributed by atoms with Crippen molar-refractivity contribution in [2.24, 2.45) is 0 Å². The zero-order valence-corrected chi connectivity index (χ0v) is 9.47. The summed E-state index contributed by atoms with van der Waals surface area (Å²) in [4.78, 5) is 18.7. The predicted octanol–water partition coefficient (Wildman–Crippen LogP) is 1.22. The highest BCUT2D eigenvalue weighted by molar-refractivity contribution is 5.97. The van der Waals surface area contributed by atoms with Gasteiger partial charge in [-0.25, -0.2) is 4.98 Å². The molecule has 2 aromatic heterocycles. The first-order valence-electron chi connectivity index (χ1n) is 5.51. The Hall–Kier alpha value is -2.63. The summed E-state index contributed by atoms with van der Waals surface area (Å²) in [5, 5.41) is 10.6. The van der Waals surface area contributed by atoms with Crippen molar-refractivity contribution in [1.82, 2.24) is 25.5 Å². The molecule has 1 aromatic carbocycles. The highest BCUT2D eigenvalue weighted by Crippen LogP contribution is 2.12. The lowest BCUT2D eigenvalue weighted by molar-refractivity contribution is 0.0950. The third-order valence-electron chi connectivity index (χ3n) is 2.70. The van der Waals surface area contributed by atoms with Crippen molar-refractivity contribution in [3.63, 3.8) is 0 Å². The predicted molar refractivity (Wildman–Crippen MR) is 65.9 cm³/mol. The van der Waals surface area contributed by atoms with E-state index >= 15 is 0 Å². The minimum Gasteiger partial charge on any atom is -0.347 e. The van der Waals surface area contributed by atoms with Gasteiger partial charge in [-0.1, -0.05) is 6.07 Å². The summed E-state index contributed by atoms with van der Waals surface area (Å²) in [7, 11) is 0. The molecule has 0 spiro atoms. The summed E-state index contributed by atoms with van der Waals surface area (Å²) in [6, 6.07) is 5.43. The SMILES string of the molecule is O=C(NCc1cnc[nH]1)c1ccc2cn[nH]c2c1. The Kier molecular flexibility index (Phi) is 2.53. The van der Waals surface area contributed by atoms with Gasteiger partial charge >= 0.3 is 0 Å². The highest BCUT2D eigenvalue weighted by Gasteiger charge is 2.07. The molecule has 0 bridgehead atoms. The molecular weight excluding hydrogens is 230 g/mol. The summed E-state index contributed by atoms with van der Waals surface area (Å²) in [6.45, 7) is 0.430. The Morgan fingerprint density at radius 2 is 2.28 bits per heavy atom. The van der Waals surface area contributed by atoms with Crippen LogP contribution in [-0.2, 0) is 6.54 Å². The Labute approximate surface area is 102 Å². The van der Waals surface area contributed by atoms with Crippen molar-refractivity contribution in [3.05, 3.63) is 48.2 Å². The fourth-order valence-corrected chi connectivity index (χ4v) is 1.74. The fourth-order valence-electron chi connectivity index (χ4n) is 1.74. The van der Waals surface area contributed by atoms with Crippen LogP contribution in [0.25, 0.3) is 10.9 Å². The first kappa shape index (κ1) is 10.5.